The van der Waals surface area contributed by atoms with Crippen molar-refractivity contribution in [3.8, 4) is 11.3 Å². The second kappa shape index (κ2) is 5.15. The van der Waals surface area contributed by atoms with Crippen LogP contribution in [0, 0.1) is 0 Å². The first kappa shape index (κ1) is 11.9. The molecule has 0 saturated carbocycles. The molecule has 1 heterocycles. The summed E-state index contributed by atoms with van der Waals surface area (Å²) in [6, 6.07) is 8.68. The van der Waals surface area contributed by atoms with Gasteiger partial charge >= 0.3 is 0 Å². The Morgan fingerprint density at radius 3 is 2.53 bits per heavy atom. The Bertz CT molecular complexity index is 483. The van der Waals surface area contributed by atoms with Crippen LogP contribution in [0.1, 0.15) is 24.6 Å². The molecule has 0 spiro atoms. The number of hydrogen-bond donors (Lipinski definition) is 1. The summed E-state index contributed by atoms with van der Waals surface area (Å²) in [6.45, 7) is 2.68. The van der Waals surface area contributed by atoms with Gasteiger partial charge in [0.05, 0.1) is 17.7 Å². The van der Waals surface area contributed by atoms with Crippen molar-refractivity contribution in [3.05, 3.63) is 41.9 Å². The van der Waals surface area contributed by atoms with E-state index in [1.165, 1.54) is 17.5 Å². The van der Waals surface area contributed by atoms with Crippen molar-refractivity contribution in [1.82, 2.24) is 9.55 Å². The van der Waals surface area contributed by atoms with Gasteiger partial charge in [-0.25, -0.2) is 4.98 Å². The maximum Gasteiger partial charge on any atom is 0.0952 e. The molecule has 0 bridgehead atoms. The highest BCUT2D eigenvalue weighted by molar-refractivity contribution is 5.62. The molecule has 3 nitrogen and oxygen atoms in total. The molecule has 0 aliphatic rings. The number of benzene rings is 1. The lowest BCUT2D eigenvalue weighted by molar-refractivity contribution is 0.914. The fourth-order valence-corrected chi connectivity index (χ4v) is 2.12. The first-order chi connectivity index (χ1) is 8.26. The SMILES string of the molecule is CCCc1ccc(-c2c(CN)ncn2C)cc1. The van der Waals surface area contributed by atoms with Gasteiger partial charge in [0.25, 0.3) is 0 Å². The summed E-state index contributed by atoms with van der Waals surface area (Å²) in [5.41, 5.74) is 10.3. The molecule has 0 aliphatic carbocycles. The Morgan fingerprint density at radius 2 is 1.94 bits per heavy atom. The third-order valence-corrected chi connectivity index (χ3v) is 2.97. The molecule has 1 aromatic carbocycles. The van der Waals surface area contributed by atoms with E-state index >= 15 is 0 Å². The van der Waals surface area contributed by atoms with Crippen LogP contribution in [0.2, 0.25) is 0 Å². The Balaban J connectivity index is 2.36. The number of hydrogen-bond acceptors (Lipinski definition) is 2. The lowest BCUT2D eigenvalue weighted by Gasteiger charge is -2.06. The molecule has 17 heavy (non-hydrogen) atoms. The number of imidazole rings is 1. The molecular weight excluding hydrogens is 210 g/mol. The summed E-state index contributed by atoms with van der Waals surface area (Å²) < 4.78 is 2.02. The maximum absolute atomic E-state index is 5.70. The van der Waals surface area contributed by atoms with Gasteiger partial charge in [0.15, 0.2) is 0 Å². The van der Waals surface area contributed by atoms with Gasteiger partial charge in [-0.15, -0.1) is 0 Å². The van der Waals surface area contributed by atoms with Gasteiger partial charge in [-0.05, 0) is 12.0 Å². The Hall–Kier alpha value is -1.61. The summed E-state index contributed by atoms with van der Waals surface area (Å²) in [5.74, 6) is 0. The number of nitrogens with zero attached hydrogens (tertiary/aromatic N) is 2. The highest BCUT2D eigenvalue weighted by Gasteiger charge is 2.09. The van der Waals surface area contributed by atoms with Crippen molar-refractivity contribution in [2.75, 3.05) is 0 Å². The third kappa shape index (κ3) is 2.39. The van der Waals surface area contributed by atoms with Gasteiger partial charge in [-0.2, -0.15) is 0 Å². The monoisotopic (exact) mass is 229 g/mol. The largest absolute Gasteiger partial charge is 0.333 e. The van der Waals surface area contributed by atoms with E-state index in [1.54, 1.807) is 0 Å². The van der Waals surface area contributed by atoms with E-state index in [9.17, 15) is 0 Å². The van der Waals surface area contributed by atoms with E-state index in [0.29, 0.717) is 6.54 Å². The normalized spacial score (nSPS) is 10.8. The fourth-order valence-electron chi connectivity index (χ4n) is 2.12. The van der Waals surface area contributed by atoms with Crippen LogP contribution < -0.4 is 5.73 Å². The van der Waals surface area contributed by atoms with Crippen LogP contribution in [0.3, 0.4) is 0 Å². The van der Waals surface area contributed by atoms with Crippen LogP contribution in [0.15, 0.2) is 30.6 Å². The minimum atomic E-state index is 0.479. The minimum absolute atomic E-state index is 0.479. The third-order valence-electron chi connectivity index (χ3n) is 2.97. The summed E-state index contributed by atoms with van der Waals surface area (Å²) in [6.07, 6.45) is 4.13. The van der Waals surface area contributed by atoms with Crippen LogP contribution in [-0.2, 0) is 20.0 Å². The summed E-state index contributed by atoms with van der Waals surface area (Å²) >= 11 is 0. The number of aryl methyl sites for hydroxylation is 2. The molecule has 2 aromatic rings. The van der Waals surface area contributed by atoms with Gasteiger partial charge in [0, 0.05) is 19.2 Å². The standard InChI is InChI=1S/C14H19N3/c1-3-4-11-5-7-12(8-6-11)14-13(9-15)16-10-17(14)2/h5-8,10H,3-4,9,15H2,1-2H3. The van der Waals surface area contributed by atoms with Gasteiger partial charge in [-0.1, -0.05) is 37.6 Å². The van der Waals surface area contributed by atoms with E-state index < -0.39 is 0 Å². The first-order valence-corrected chi connectivity index (χ1v) is 6.05. The quantitative estimate of drug-likeness (QED) is 0.875. The Labute approximate surface area is 102 Å². The minimum Gasteiger partial charge on any atom is -0.333 e. The molecular formula is C14H19N3. The zero-order chi connectivity index (χ0) is 12.3. The molecule has 1 aromatic heterocycles. The van der Waals surface area contributed by atoms with Crippen LogP contribution in [0.25, 0.3) is 11.3 Å². The number of aromatic nitrogens is 2. The van der Waals surface area contributed by atoms with Crippen molar-refractivity contribution >= 4 is 0 Å². The van der Waals surface area contributed by atoms with Crippen LogP contribution in [0.5, 0.6) is 0 Å². The number of nitrogens with two attached hydrogens (primary N) is 1. The lowest BCUT2D eigenvalue weighted by atomic mass is 10.0. The van der Waals surface area contributed by atoms with E-state index in [-0.39, 0.29) is 0 Å². The summed E-state index contributed by atoms with van der Waals surface area (Å²) in [5, 5.41) is 0. The molecule has 90 valence electrons. The van der Waals surface area contributed by atoms with E-state index in [1.807, 2.05) is 17.9 Å². The van der Waals surface area contributed by atoms with Crippen molar-refractivity contribution in [2.45, 2.75) is 26.3 Å². The highest BCUT2D eigenvalue weighted by Crippen LogP contribution is 2.23. The average Bonchev–Trinajstić information content (AvgIpc) is 2.72. The molecule has 0 fully saturated rings. The van der Waals surface area contributed by atoms with Crippen molar-refractivity contribution < 1.29 is 0 Å². The molecule has 0 atom stereocenters. The van der Waals surface area contributed by atoms with Gasteiger partial charge in [0.1, 0.15) is 0 Å². The predicted molar refractivity (Wildman–Crippen MR) is 70.5 cm³/mol. The predicted octanol–water partition coefficient (Wildman–Crippen LogP) is 2.50. The molecule has 0 aliphatic heterocycles. The number of rotatable bonds is 4. The second-order valence-corrected chi connectivity index (χ2v) is 4.30. The lowest BCUT2D eigenvalue weighted by Crippen LogP contribution is -2.00. The van der Waals surface area contributed by atoms with Gasteiger partial charge in [-0.3, -0.25) is 0 Å². The van der Waals surface area contributed by atoms with Crippen LogP contribution in [-0.4, -0.2) is 9.55 Å². The highest BCUT2D eigenvalue weighted by atomic mass is 15.0. The van der Waals surface area contributed by atoms with Crippen LogP contribution >= 0.6 is 0 Å². The molecule has 0 amide bonds. The average molecular weight is 229 g/mol. The van der Waals surface area contributed by atoms with Crippen LogP contribution in [0.4, 0.5) is 0 Å². The summed E-state index contributed by atoms with van der Waals surface area (Å²) in [7, 11) is 2.00. The van der Waals surface area contributed by atoms with Gasteiger partial charge in [0.2, 0.25) is 0 Å². The molecule has 3 heteroatoms. The molecule has 2 rings (SSSR count). The zero-order valence-electron chi connectivity index (χ0n) is 10.5. The maximum atomic E-state index is 5.70. The molecule has 2 N–H and O–H groups in total. The Kier molecular flexibility index (Phi) is 3.59. The van der Waals surface area contributed by atoms with Gasteiger partial charge < -0.3 is 10.3 Å². The molecule has 0 radical (unpaired) electrons. The summed E-state index contributed by atoms with van der Waals surface area (Å²) in [4.78, 5) is 4.31. The molecule has 0 unspecified atom stereocenters. The smallest absolute Gasteiger partial charge is 0.0952 e. The first-order valence-electron chi connectivity index (χ1n) is 6.05. The Morgan fingerprint density at radius 1 is 1.24 bits per heavy atom. The van der Waals surface area contributed by atoms with Crippen molar-refractivity contribution in [3.63, 3.8) is 0 Å². The van der Waals surface area contributed by atoms with Crippen molar-refractivity contribution in [1.29, 1.82) is 0 Å². The molecule has 0 saturated heterocycles. The zero-order valence-corrected chi connectivity index (χ0v) is 10.5. The topological polar surface area (TPSA) is 43.8 Å². The van der Waals surface area contributed by atoms with E-state index in [2.05, 4.69) is 36.2 Å². The second-order valence-electron chi connectivity index (χ2n) is 4.30. The van der Waals surface area contributed by atoms with E-state index in [0.717, 1.165) is 17.8 Å². The fraction of sp³-hybridized carbons (Fsp3) is 0.357. The van der Waals surface area contributed by atoms with Crippen molar-refractivity contribution in [2.24, 2.45) is 12.8 Å². The van der Waals surface area contributed by atoms with E-state index in [4.69, 9.17) is 5.73 Å².